The SMILES string of the molecule is CCC(C)N(CC(=O)N1CCc2sccc2C1c1ccc(C)cc1)C(=O)c1cccc(Cl)c1. The molecule has 4 rings (SSSR count). The Bertz CT molecular complexity index is 1140. The van der Waals surface area contributed by atoms with Crippen LogP contribution in [0.4, 0.5) is 0 Å². The Labute approximate surface area is 204 Å². The van der Waals surface area contributed by atoms with Gasteiger partial charge in [0.15, 0.2) is 0 Å². The van der Waals surface area contributed by atoms with Gasteiger partial charge in [-0.15, -0.1) is 11.3 Å². The van der Waals surface area contributed by atoms with Gasteiger partial charge >= 0.3 is 0 Å². The van der Waals surface area contributed by atoms with Crippen LogP contribution >= 0.6 is 22.9 Å². The van der Waals surface area contributed by atoms with E-state index in [4.69, 9.17) is 11.6 Å². The summed E-state index contributed by atoms with van der Waals surface area (Å²) >= 11 is 7.88. The molecule has 1 aromatic heterocycles. The number of carbonyl (C=O) groups is 2. The summed E-state index contributed by atoms with van der Waals surface area (Å²) in [5.74, 6) is -0.201. The largest absolute Gasteiger partial charge is 0.330 e. The fourth-order valence-electron chi connectivity index (χ4n) is 4.37. The molecule has 2 atom stereocenters. The number of hydrogen-bond donors (Lipinski definition) is 0. The van der Waals surface area contributed by atoms with Crippen LogP contribution in [0.5, 0.6) is 0 Å². The first-order valence-electron chi connectivity index (χ1n) is 11.4. The van der Waals surface area contributed by atoms with E-state index < -0.39 is 0 Å². The number of aryl methyl sites for hydroxylation is 1. The van der Waals surface area contributed by atoms with Crippen LogP contribution in [-0.2, 0) is 11.2 Å². The molecule has 0 bridgehead atoms. The third-order valence-electron chi connectivity index (χ3n) is 6.44. The van der Waals surface area contributed by atoms with Gasteiger partial charge in [-0.05, 0) is 67.5 Å². The Hall–Kier alpha value is -2.63. The topological polar surface area (TPSA) is 40.6 Å². The molecule has 33 heavy (non-hydrogen) atoms. The number of amides is 2. The molecule has 0 saturated heterocycles. The van der Waals surface area contributed by atoms with Gasteiger partial charge in [-0.3, -0.25) is 9.59 Å². The maximum absolute atomic E-state index is 13.7. The summed E-state index contributed by atoms with van der Waals surface area (Å²) in [5, 5.41) is 2.62. The second kappa shape index (κ2) is 10.1. The molecule has 6 heteroatoms. The zero-order valence-electron chi connectivity index (χ0n) is 19.3. The predicted octanol–water partition coefficient (Wildman–Crippen LogP) is 6.12. The predicted molar refractivity (Wildman–Crippen MR) is 135 cm³/mol. The summed E-state index contributed by atoms with van der Waals surface area (Å²) in [7, 11) is 0. The second-order valence-corrected chi connectivity index (χ2v) is 10.1. The van der Waals surface area contributed by atoms with Crippen LogP contribution in [0.3, 0.4) is 0 Å². The van der Waals surface area contributed by atoms with Gasteiger partial charge in [-0.1, -0.05) is 54.4 Å². The van der Waals surface area contributed by atoms with E-state index in [-0.39, 0.29) is 30.4 Å². The molecule has 2 amide bonds. The van der Waals surface area contributed by atoms with Gasteiger partial charge in [0.25, 0.3) is 5.91 Å². The molecule has 0 aliphatic carbocycles. The van der Waals surface area contributed by atoms with Crippen LogP contribution in [0.25, 0.3) is 0 Å². The van der Waals surface area contributed by atoms with Gasteiger partial charge in [-0.25, -0.2) is 0 Å². The van der Waals surface area contributed by atoms with E-state index in [9.17, 15) is 9.59 Å². The molecule has 1 aliphatic heterocycles. The van der Waals surface area contributed by atoms with E-state index in [1.165, 1.54) is 16.0 Å². The van der Waals surface area contributed by atoms with E-state index in [0.29, 0.717) is 17.1 Å². The van der Waals surface area contributed by atoms with Crippen molar-refractivity contribution in [2.45, 2.75) is 45.7 Å². The highest BCUT2D eigenvalue weighted by Crippen LogP contribution is 2.38. The molecule has 2 heterocycles. The fourth-order valence-corrected chi connectivity index (χ4v) is 5.46. The average molecular weight is 481 g/mol. The van der Waals surface area contributed by atoms with Crippen molar-refractivity contribution >= 4 is 34.8 Å². The van der Waals surface area contributed by atoms with Gasteiger partial charge in [0.2, 0.25) is 5.91 Å². The number of halogens is 1. The van der Waals surface area contributed by atoms with Crippen LogP contribution in [0.2, 0.25) is 5.02 Å². The minimum atomic E-state index is -0.166. The van der Waals surface area contributed by atoms with Crippen LogP contribution in [0.15, 0.2) is 60.0 Å². The van der Waals surface area contributed by atoms with Gasteiger partial charge in [0.05, 0.1) is 6.04 Å². The van der Waals surface area contributed by atoms with Crippen LogP contribution in [0.1, 0.15) is 58.2 Å². The first kappa shape index (κ1) is 23.5. The number of hydrogen-bond acceptors (Lipinski definition) is 3. The smallest absolute Gasteiger partial charge is 0.254 e. The molecule has 1 aliphatic rings. The summed E-state index contributed by atoms with van der Waals surface area (Å²) in [6.45, 7) is 6.77. The molecule has 2 unspecified atom stereocenters. The fraction of sp³-hybridized carbons (Fsp3) is 0.333. The Morgan fingerprint density at radius 1 is 1.18 bits per heavy atom. The summed E-state index contributed by atoms with van der Waals surface area (Å²) in [5.41, 5.74) is 3.99. The molecule has 2 aromatic carbocycles. The maximum Gasteiger partial charge on any atom is 0.254 e. The molecule has 4 nitrogen and oxygen atoms in total. The summed E-state index contributed by atoms with van der Waals surface area (Å²) in [4.78, 5) is 32.0. The zero-order chi connectivity index (χ0) is 23.5. The van der Waals surface area contributed by atoms with Crippen LogP contribution in [0, 0.1) is 6.92 Å². The standard InChI is InChI=1S/C27H29ClN2O2S/c1-4-19(3)30(27(32)21-6-5-7-22(28)16-21)17-25(31)29-14-12-24-23(13-15-33-24)26(29)20-10-8-18(2)9-11-20/h5-11,13,15-16,19,26H,4,12,14,17H2,1-3H3. The molecule has 0 saturated carbocycles. The second-order valence-electron chi connectivity index (χ2n) is 8.65. The number of rotatable bonds is 6. The van der Waals surface area contributed by atoms with Crippen molar-refractivity contribution < 1.29 is 9.59 Å². The first-order chi connectivity index (χ1) is 15.9. The molecule has 172 valence electrons. The van der Waals surface area contributed by atoms with Crippen molar-refractivity contribution in [3.05, 3.63) is 92.1 Å². The van der Waals surface area contributed by atoms with E-state index in [1.54, 1.807) is 40.5 Å². The number of fused-ring (bicyclic) bond motifs is 1. The highest BCUT2D eigenvalue weighted by Gasteiger charge is 2.34. The third-order valence-corrected chi connectivity index (χ3v) is 7.67. The van der Waals surface area contributed by atoms with Gasteiger partial charge in [0, 0.05) is 28.0 Å². The van der Waals surface area contributed by atoms with Crippen molar-refractivity contribution in [2.24, 2.45) is 0 Å². The summed E-state index contributed by atoms with van der Waals surface area (Å²) < 4.78 is 0. The quantitative estimate of drug-likeness (QED) is 0.426. The molecular weight excluding hydrogens is 452 g/mol. The lowest BCUT2D eigenvalue weighted by Crippen LogP contribution is -2.49. The molecule has 0 N–H and O–H groups in total. The van der Waals surface area contributed by atoms with Crippen LogP contribution in [-0.4, -0.2) is 40.7 Å². The van der Waals surface area contributed by atoms with Crippen LogP contribution < -0.4 is 0 Å². The Morgan fingerprint density at radius 2 is 1.94 bits per heavy atom. The average Bonchev–Trinajstić information content (AvgIpc) is 3.30. The van der Waals surface area contributed by atoms with E-state index in [1.807, 2.05) is 18.7 Å². The van der Waals surface area contributed by atoms with Gasteiger partial charge in [0.1, 0.15) is 6.54 Å². The minimum Gasteiger partial charge on any atom is -0.330 e. The van der Waals surface area contributed by atoms with Crippen molar-refractivity contribution in [3.8, 4) is 0 Å². The van der Waals surface area contributed by atoms with E-state index in [2.05, 4.69) is 42.6 Å². The Kier molecular flexibility index (Phi) is 7.20. The summed E-state index contributed by atoms with van der Waals surface area (Å²) in [6, 6.07) is 17.3. The zero-order valence-corrected chi connectivity index (χ0v) is 20.8. The highest BCUT2D eigenvalue weighted by atomic mass is 35.5. The monoisotopic (exact) mass is 480 g/mol. The minimum absolute atomic E-state index is 0.0342. The molecular formula is C27H29ClN2O2S. The maximum atomic E-state index is 13.7. The van der Waals surface area contributed by atoms with Gasteiger partial charge in [-0.2, -0.15) is 0 Å². The number of thiophene rings is 1. The van der Waals surface area contributed by atoms with Crippen molar-refractivity contribution in [3.63, 3.8) is 0 Å². The Morgan fingerprint density at radius 3 is 2.64 bits per heavy atom. The highest BCUT2D eigenvalue weighted by molar-refractivity contribution is 7.10. The normalized spacial score (nSPS) is 16.2. The molecule has 0 radical (unpaired) electrons. The van der Waals surface area contributed by atoms with Crippen molar-refractivity contribution in [1.82, 2.24) is 9.80 Å². The number of benzene rings is 2. The third kappa shape index (κ3) is 4.99. The first-order valence-corrected chi connectivity index (χ1v) is 12.6. The van der Waals surface area contributed by atoms with E-state index in [0.717, 1.165) is 18.4 Å². The number of carbonyl (C=O) groups excluding carboxylic acids is 2. The lowest BCUT2D eigenvalue weighted by molar-refractivity contribution is -0.134. The van der Waals surface area contributed by atoms with Crippen molar-refractivity contribution in [2.75, 3.05) is 13.1 Å². The van der Waals surface area contributed by atoms with Gasteiger partial charge < -0.3 is 9.80 Å². The lowest BCUT2D eigenvalue weighted by atomic mass is 9.92. The molecule has 3 aromatic rings. The lowest BCUT2D eigenvalue weighted by Gasteiger charge is -2.38. The molecule has 0 spiro atoms. The number of nitrogens with zero attached hydrogens (tertiary/aromatic N) is 2. The van der Waals surface area contributed by atoms with Crippen molar-refractivity contribution in [1.29, 1.82) is 0 Å². The Balaban J connectivity index is 1.64. The van der Waals surface area contributed by atoms with E-state index >= 15 is 0 Å². The molecule has 0 fully saturated rings. The summed E-state index contributed by atoms with van der Waals surface area (Å²) in [6.07, 6.45) is 1.60.